The molecule has 0 spiro atoms. The molecule has 0 heterocycles. The molecule has 0 N–H and O–H groups in total. The first-order chi connectivity index (χ1) is 7.88. The van der Waals surface area contributed by atoms with Crippen LogP contribution in [-0.4, -0.2) is 0 Å². The standard InChI is InChI=1S/C16H20/c1-3-5-12-15(11-4-2)16-13-9-7-6-8-10-14-16/h3-9,11,14H,2,10,12-13H2,1H3. The number of allylic oxidation sites excluding steroid dienone is 11. The van der Waals surface area contributed by atoms with Crippen LogP contribution >= 0.6 is 0 Å². The second-order valence-electron chi connectivity index (χ2n) is 3.73. The predicted octanol–water partition coefficient (Wildman–Crippen LogP) is 4.90. The van der Waals surface area contributed by atoms with Gasteiger partial charge in [-0.2, -0.15) is 0 Å². The third kappa shape index (κ3) is 4.31. The first-order valence-corrected chi connectivity index (χ1v) is 5.82. The van der Waals surface area contributed by atoms with Gasteiger partial charge in [-0.25, -0.2) is 0 Å². The van der Waals surface area contributed by atoms with Gasteiger partial charge in [0.15, 0.2) is 0 Å². The van der Waals surface area contributed by atoms with Crippen LogP contribution < -0.4 is 0 Å². The van der Waals surface area contributed by atoms with E-state index in [9.17, 15) is 0 Å². The molecule has 0 saturated heterocycles. The predicted molar refractivity (Wildman–Crippen MR) is 73.3 cm³/mol. The Balaban J connectivity index is 2.84. The summed E-state index contributed by atoms with van der Waals surface area (Å²) in [5.41, 5.74) is 2.78. The lowest BCUT2D eigenvalue weighted by atomic mass is 9.96. The fraction of sp³-hybridized carbons (Fsp3) is 0.250. The Morgan fingerprint density at radius 3 is 2.94 bits per heavy atom. The molecular weight excluding hydrogens is 192 g/mol. The van der Waals surface area contributed by atoms with Crippen molar-refractivity contribution in [3.8, 4) is 0 Å². The van der Waals surface area contributed by atoms with E-state index < -0.39 is 0 Å². The van der Waals surface area contributed by atoms with E-state index in [0.717, 1.165) is 19.3 Å². The van der Waals surface area contributed by atoms with E-state index in [1.54, 1.807) is 0 Å². The first-order valence-electron chi connectivity index (χ1n) is 5.82. The van der Waals surface area contributed by atoms with E-state index in [4.69, 9.17) is 0 Å². The Morgan fingerprint density at radius 2 is 2.19 bits per heavy atom. The highest BCUT2D eigenvalue weighted by Gasteiger charge is 2.01. The molecular formula is C16H20. The second kappa shape index (κ2) is 7.70. The van der Waals surface area contributed by atoms with Crippen molar-refractivity contribution in [1.29, 1.82) is 0 Å². The number of rotatable bonds is 4. The van der Waals surface area contributed by atoms with E-state index in [1.807, 2.05) is 6.08 Å². The van der Waals surface area contributed by atoms with Gasteiger partial charge in [0.25, 0.3) is 0 Å². The van der Waals surface area contributed by atoms with E-state index in [1.165, 1.54) is 11.1 Å². The maximum atomic E-state index is 3.79. The zero-order valence-electron chi connectivity index (χ0n) is 10.0. The Hall–Kier alpha value is -1.56. The van der Waals surface area contributed by atoms with Crippen LogP contribution in [0.1, 0.15) is 26.2 Å². The highest BCUT2D eigenvalue weighted by molar-refractivity contribution is 5.37. The van der Waals surface area contributed by atoms with Crippen LogP contribution in [0.3, 0.4) is 0 Å². The molecule has 1 aliphatic rings. The summed E-state index contributed by atoms with van der Waals surface area (Å²) >= 11 is 0. The Morgan fingerprint density at radius 1 is 1.38 bits per heavy atom. The second-order valence-corrected chi connectivity index (χ2v) is 3.73. The molecule has 0 saturated carbocycles. The molecule has 0 aromatic heterocycles. The molecule has 0 aromatic carbocycles. The average Bonchev–Trinajstić information content (AvgIpc) is 2.24. The van der Waals surface area contributed by atoms with Crippen LogP contribution in [0.25, 0.3) is 0 Å². The zero-order chi connectivity index (χ0) is 11.6. The smallest absolute Gasteiger partial charge is 0.00945 e. The van der Waals surface area contributed by atoms with Gasteiger partial charge in [0, 0.05) is 0 Å². The molecule has 0 amide bonds. The van der Waals surface area contributed by atoms with Crippen LogP contribution in [0.2, 0.25) is 0 Å². The van der Waals surface area contributed by atoms with Crippen LogP contribution in [0.4, 0.5) is 0 Å². The number of hydrogen-bond acceptors (Lipinski definition) is 0. The average molecular weight is 212 g/mol. The van der Waals surface area contributed by atoms with Crippen molar-refractivity contribution in [2.75, 3.05) is 0 Å². The van der Waals surface area contributed by atoms with E-state index >= 15 is 0 Å². The molecule has 16 heavy (non-hydrogen) atoms. The summed E-state index contributed by atoms with van der Waals surface area (Å²) in [6.07, 6.45) is 22.2. The van der Waals surface area contributed by atoms with Gasteiger partial charge in [-0.3, -0.25) is 0 Å². The van der Waals surface area contributed by atoms with Crippen molar-refractivity contribution in [2.45, 2.75) is 26.2 Å². The minimum absolute atomic E-state index is 0.992. The third-order valence-electron chi connectivity index (χ3n) is 2.53. The van der Waals surface area contributed by atoms with Crippen molar-refractivity contribution in [3.63, 3.8) is 0 Å². The molecule has 0 heteroatoms. The number of hydrogen-bond donors (Lipinski definition) is 0. The van der Waals surface area contributed by atoms with Crippen molar-refractivity contribution in [2.24, 2.45) is 0 Å². The van der Waals surface area contributed by atoms with Crippen LogP contribution in [-0.2, 0) is 0 Å². The molecule has 0 nitrogen and oxygen atoms in total. The van der Waals surface area contributed by atoms with Gasteiger partial charge in [0.05, 0.1) is 0 Å². The topological polar surface area (TPSA) is 0 Å². The molecule has 0 fully saturated rings. The molecule has 0 aliphatic heterocycles. The molecule has 0 bridgehead atoms. The summed E-state index contributed by atoms with van der Waals surface area (Å²) in [6.45, 7) is 5.84. The van der Waals surface area contributed by atoms with Crippen molar-refractivity contribution in [1.82, 2.24) is 0 Å². The van der Waals surface area contributed by atoms with E-state index in [2.05, 4.69) is 62.1 Å². The van der Waals surface area contributed by atoms with Gasteiger partial charge < -0.3 is 0 Å². The van der Waals surface area contributed by atoms with Crippen LogP contribution in [0.15, 0.2) is 72.4 Å². The minimum Gasteiger partial charge on any atom is -0.0991 e. The molecule has 0 radical (unpaired) electrons. The summed E-state index contributed by atoms with van der Waals surface area (Å²) in [4.78, 5) is 0. The quantitative estimate of drug-likeness (QED) is 0.459. The molecule has 0 aromatic rings. The van der Waals surface area contributed by atoms with Crippen LogP contribution in [0.5, 0.6) is 0 Å². The Bertz CT molecular complexity index is 359. The lowest BCUT2D eigenvalue weighted by molar-refractivity contribution is 1.11. The lowest BCUT2D eigenvalue weighted by Crippen LogP contribution is -1.89. The fourth-order valence-corrected chi connectivity index (χ4v) is 1.68. The van der Waals surface area contributed by atoms with E-state index in [0.29, 0.717) is 0 Å². The maximum Gasteiger partial charge on any atom is -0.00945 e. The van der Waals surface area contributed by atoms with Crippen molar-refractivity contribution in [3.05, 3.63) is 72.4 Å². The van der Waals surface area contributed by atoms with Crippen molar-refractivity contribution >= 4 is 0 Å². The van der Waals surface area contributed by atoms with Gasteiger partial charge in [-0.1, -0.05) is 61.3 Å². The Labute approximate surface area is 99.1 Å². The van der Waals surface area contributed by atoms with E-state index in [-0.39, 0.29) is 0 Å². The van der Waals surface area contributed by atoms with Gasteiger partial charge in [0.1, 0.15) is 0 Å². The van der Waals surface area contributed by atoms with Gasteiger partial charge in [-0.05, 0) is 37.3 Å². The minimum atomic E-state index is 0.992. The van der Waals surface area contributed by atoms with Gasteiger partial charge >= 0.3 is 0 Å². The highest BCUT2D eigenvalue weighted by atomic mass is 14.1. The van der Waals surface area contributed by atoms with Crippen molar-refractivity contribution < 1.29 is 0 Å². The molecule has 1 rings (SSSR count). The van der Waals surface area contributed by atoms with Gasteiger partial charge in [0.2, 0.25) is 0 Å². The molecule has 84 valence electrons. The maximum absolute atomic E-state index is 3.79. The third-order valence-corrected chi connectivity index (χ3v) is 2.53. The molecule has 0 atom stereocenters. The summed E-state index contributed by atoms with van der Waals surface area (Å²) < 4.78 is 0. The summed E-state index contributed by atoms with van der Waals surface area (Å²) in [5, 5.41) is 0. The molecule has 1 aliphatic carbocycles. The molecule has 0 unspecified atom stereocenters. The van der Waals surface area contributed by atoms with Gasteiger partial charge in [-0.15, -0.1) is 0 Å². The normalized spacial score (nSPS) is 17.1. The fourth-order valence-electron chi connectivity index (χ4n) is 1.68. The monoisotopic (exact) mass is 212 g/mol. The summed E-state index contributed by atoms with van der Waals surface area (Å²) in [5.74, 6) is 0. The van der Waals surface area contributed by atoms with Crippen LogP contribution in [0, 0.1) is 0 Å². The zero-order valence-corrected chi connectivity index (χ0v) is 10.0. The highest BCUT2D eigenvalue weighted by Crippen LogP contribution is 2.21. The lowest BCUT2D eigenvalue weighted by Gasteiger charge is -2.09. The SMILES string of the molecule is C=CC=C(CC=CC)C1=CCC=CC=CC1. The largest absolute Gasteiger partial charge is 0.0991 e. The summed E-state index contributed by atoms with van der Waals surface area (Å²) in [6, 6.07) is 0. The first kappa shape index (κ1) is 12.5. The summed E-state index contributed by atoms with van der Waals surface area (Å²) in [7, 11) is 0. The Kier molecular flexibility index (Phi) is 6.02.